The molecule has 33 heavy (non-hydrogen) atoms. The molecule has 2 aliphatic rings. The monoisotopic (exact) mass is 449 g/mol. The molecular formula is C22H31N11. The van der Waals surface area contributed by atoms with Gasteiger partial charge in [0.15, 0.2) is 0 Å². The highest BCUT2D eigenvalue weighted by Crippen LogP contribution is 2.26. The number of anilines is 4. The number of nitrogens with one attached hydrogen (secondary N) is 1. The molecule has 2 fully saturated rings. The number of benzene rings is 1. The van der Waals surface area contributed by atoms with Crippen molar-refractivity contribution >= 4 is 34.4 Å². The molecule has 11 heteroatoms. The van der Waals surface area contributed by atoms with Crippen molar-refractivity contribution in [2.45, 2.75) is 37.0 Å². The topological polar surface area (TPSA) is 174 Å². The van der Waals surface area contributed by atoms with Crippen molar-refractivity contribution in [2.24, 2.45) is 22.9 Å². The molecule has 0 spiro atoms. The Morgan fingerprint density at radius 3 is 1.85 bits per heavy atom. The zero-order chi connectivity index (χ0) is 22.9. The van der Waals surface area contributed by atoms with Gasteiger partial charge in [0.25, 0.3) is 0 Å². The second-order valence-corrected chi connectivity index (χ2v) is 9.09. The van der Waals surface area contributed by atoms with Gasteiger partial charge in [-0.2, -0.15) is 15.0 Å². The minimum absolute atomic E-state index is 0.0399. The van der Waals surface area contributed by atoms with E-state index in [4.69, 9.17) is 37.9 Å². The molecule has 0 radical (unpaired) electrons. The standard InChI is InChI=1S/C22H31N11/c23-14-7-15(24)10-32(9-14)21-29-20(28-19-18-4-2-1-3-13(18)5-6-27-19)30-22(31-21)33-11-16(25)8-17(26)12-33/h1-6,14-17H,7-12,23-26H2,(H,27,28,29,30,31). The molecule has 9 N–H and O–H groups in total. The van der Waals surface area contributed by atoms with Gasteiger partial charge >= 0.3 is 0 Å². The maximum atomic E-state index is 6.23. The van der Waals surface area contributed by atoms with Gasteiger partial charge in [-0.1, -0.05) is 24.3 Å². The number of rotatable bonds is 4. The second-order valence-electron chi connectivity index (χ2n) is 9.09. The number of aromatic nitrogens is 4. The van der Waals surface area contributed by atoms with Crippen LogP contribution in [-0.2, 0) is 0 Å². The van der Waals surface area contributed by atoms with Gasteiger partial charge in [-0.25, -0.2) is 4.98 Å². The third-order valence-electron chi connectivity index (χ3n) is 6.11. The normalized spacial score (nSPS) is 25.9. The molecule has 0 bridgehead atoms. The molecule has 0 aliphatic carbocycles. The van der Waals surface area contributed by atoms with Crippen molar-refractivity contribution in [2.75, 3.05) is 41.3 Å². The molecule has 2 aliphatic heterocycles. The third kappa shape index (κ3) is 4.81. The summed E-state index contributed by atoms with van der Waals surface area (Å²) in [6.45, 7) is 2.51. The summed E-state index contributed by atoms with van der Waals surface area (Å²) in [6, 6.07) is 9.84. The van der Waals surface area contributed by atoms with Crippen molar-refractivity contribution in [3.8, 4) is 0 Å². The molecule has 11 nitrogen and oxygen atoms in total. The Morgan fingerprint density at radius 2 is 1.27 bits per heavy atom. The van der Waals surface area contributed by atoms with E-state index in [1.807, 2.05) is 40.1 Å². The van der Waals surface area contributed by atoms with Crippen LogP contribution in [0.3, 0.4) is 0 Å². The zero-order valence-electron chi connectivity index (χ0n) is 18.5. The summed E-state index contributed by atoms with van der Waals surface area (Å²) < 4.78 is 0. The predicted octanol–water partition coefficient (Wildman–Crippen LogP) is -0.107. The minimum Gasteiger partial charge on any atom is -0.338 e. The lowest BCUT2D eigenvalue weighted by Gasteiger charge is -2.37. The molecule has 4 unspecified atom stereocenters. The Morgan fingerprint density at radius 1 is 0.727 bits per heavy atom. The van der Waals surface area contributed by atoms with Crippen molar-refractivity contribution in [3.05, 3.63) is 36.5 Å². The van der Waals surface area contributed by atoms with Crippen molar-refractivity contribution in [3.63, 3.8) is 0 Å². The lowest BCUT2D eigenvalue weighted by atomic mass is 10.0. The van der Waals surface area contributed by atoms with E-state index in [0.29, 0.717) is 49.8 Å². The summed E-state index contributed by atoms with van der Waals surface area (Å²) in [6.07, 6.45) is 3.31. The maximum absolute atomic E-state index is 6.23. The predicted molar refractivity (Wildman–Crippen MR) is 130 cm³/mol. The van der Waals surface area contributed by atoms with Crippen LogP contribution in [0.15, 0.2) is 36.5 Å². The maximum Gasteiger partial charge on any atom is 0.235 e. The van der Waals surface area contributed by atoms with E-state index in [1.54, 1.807) is 6.20 Å². The molecule has 5 rings (SSSR count). The Balaban J connectivity index is 1.53. The van der Waals surface area contributed by atoms with Crippen LogP contribution in [0.1, 0.15) is 12.8 Å². The summed E-state index contributed by atoms with van der Waals surface area (Å²) in [5, 5.41) is 5.35. The highest BCUT2D eigenvalue weighted by molar-refractivity contribution is 5.92. The highest BCUT2D eigenvalue weighted by Gasteiger charge is 2.28. The molecule has 174 valence electrons. The van der Waals surface area contributed by atoms with Gasteiger partial charge in [-0.15, -0.1) is 0 Å². The van der Waals surface area contributed by atoms with E-state index in [0.717, 1.165) is 23.6 Å². The second kappa shape index (κ2) is 9.02. The molecule has 2 saturated heterocycles. The van der Waals surface area contributed by atoms with Crippen molar-refractivity contribution < 1.29 is 0 Å². The summed E-state index contributed by atoms with van der Waals surface area (Å²) >= 11 is 0. The lowest BCUT2D eigenvalue weighted by Crippen LogP contribution is -2.54. The number of fused-ring (bicyclic) bond motifs is 1. The molecule has 2 aromatic heterocycles. The fourth-order valence-electron chi connectivity index (χ4n) is 4.70. The number of nitrogens with two attached hydrogens (primary N) is 4. The average molecular weight is 450 g/mol. The van der Waals surface area contributed by atoms with Crippen LogP contribution in [-0.4, -0.2) is 70.3 Å². The molecule has 0 saturated carbocycles. The minimum atomic E-state index is -0.0399. The average Bonchev–Trinajstić information content (AvgIpc) is 2.78. The SMILES string of the molecule is NC1CC(N)CN(c2nc(Nc3nccc4ccccc34)nc(N3CC(N)CC(N)C3)n2)C1. The fourth-order valence-corrected chi connectivity index (χ4v) is 4.70. The van der Waals surface area contributed by atoms with Gasteiger partial charge in [0.2, 0.25) is 17.8 Å². The zero-order valence-corrected chi connectivity index (χ0v) is 18.5. The van der Waals surface area contributed by atoms with Gasteiger partial charge in [0, 0.05) is 61.9 Å². The van der Waals surface area contributed by atoms with Gasteiger partial charge in [-0.05, 0) is 24.3 Å². The molecule has 3 aromatic rings. The van der Waals surface area contributed by atoms with E-state index >= 15 is 0 Å². The van der Waals surface area contributed by atoms with Gasteiger partial charge in [0.1, 0.15) is 5.82 Å². The van der Waals surface area contributed by atoms with Gasteiger partial charge < -0.3 is 38.1 Å². The van der Waals surface area contributed by atoms with E-state index in [2.05, 4.69) is 10.3 Å². The van der Waals surface area contributed by atoms with Crippen LogP contribution in [0.2, 0.25) is 0 Å². The highest BCUT2D eigenvalue weighted by atomic mass is 15.4. The Hall–Kier alpha value is -3.12. The van der Waals surface area contributed by atoms with Crippen molar-refractivity contribution in [1.82, 2.24) is 19.9 Å². The number of piperidine rings is 2. The molecule has 4 heterocycles. The number of pyridine rings is 1. The molecule has 0 amide bonds. The molecule has 1 aromatic carbocycles. The van der Waals surface area contributed by atoms with E-state index in [-0.39, 0.29) is 24.2 Å². The number of hydrogen-bond acceptors (Lipinski definition) is 11. The summed E-state index contributed by atoms with van der Waals surface area (Å²) in [7, 11) is 0. The van der Waals surface area contributed by atoms with Crippen LogP contribution in [0.4, 0.5) is 23.7 Å². The summed E-state index contributed by atoms with van der Waals surface area (Å²) in [4.78, 5) is 22.8. The van der Waals surface area contributed by atoms with Gasteiger partial charge in [-0.3, -0.25) is 0 Å². The first-order valence-electron chi connectivity index (χ1n) is 11.3. The quantitative estimate of drug-likeness (QED) is 0.359. The van der Waals surface area contributed by atoms with Crippen LogP contribution in [0.25, 0.3) is 10.8 Å². The fraction of sp³-hybridized carbons (Fsp3) is 0.455. The van der Waals surface area contributed by atoms with Crippen LogP contribution >= 0.6 is 0 Å². The van der Waals surface area contributed by atoms with Crippen LogP contribution in [0.5, 0.6) is 0 Å². The first-order valence-corrected chi connectivity index (χ1v) is 11.3. The number of hydrogen-bond donors (Lipinski definition) is 5. The van der Waals surface area contributed by atoms with E-state index in [1.165, 1.54) is 0 Å². The Kier molecular flexibility index (Phi) is 5.94. The first kappa shape index (κ1) is 21.7. The van der Waals surface area contributed by atoms with Crippen molar-refractivity contribution in [1.29, 1.82) is 0 Å². The van der Waals surface area contributed by atoms with Crippen LogP contribution in [0, 0.1) is 0 Å². The van der Waals surface area contributed by atoms with Crippen LogP contribution < -0.4 is 38.1 Å². The van der Waals surface area contributed by atoms with E-state index < -0.39 is 0 Å². The smallest absolute Gasteiger partial charge is 0.235 e. The Bertz CT molecular complexity index is 1050. The summed E-state index contributed by atoms with van der Waals surface area (Å²) in [5.74, 6) is 2.14. The van der Waals surface area contributed by atoms with Gasteiger partial charge in [0.05, 0.1) is 0 Å². The number of nitrogens with zero attached hydrogens (tertiary/aromatic N) is 6. The lowest BCUT2D eigenvalue weighted by molar-refractivity contribution is 0.441. The van der Waals surface area contributed by atoms with E-state index in [9.17, 15) is 0 Å². The third-order valence-corrected chi connectivity index (χ3v) is 6.11. The molecular weight excluding hydrogens is 418 g/mol. The Labute approximate surface area is 192 Å². The first-order chi connectivity index (χ1) is 15.9. The summed E-state index contributed by atoms with van der Waals surface area (Å²) in [5.41, 5.74) is 24.9. The largest absolute Gasteiger partial charge is 0.338 e. The molecule has 4 atom stereocenters.